The Morgan fingerprint density at radius 1 is 1.29 bits per heavy atom. The van der Waals surface area contributed by atoms with E-state index in [1.165, 1.54) is 0 Å². The van der Waals surface area contributed by atoms with E-state index in [1.54, 1.807) is 12.1 Å². The second-order valence-electron chi connectivity index (χ2n) is 5.26. The fourth-order valence-corrected chi connectivity index (χ4v) is 2.99. The highest BCUT2D eigenvalue weighted by molar-refractivity contribution is 6.42. The Bertz CT molecular complexity index is 630. The molecule has 2 aromatic rings. The Hall–Kier alpha value is -1.07. The van der Waals surface area contributed by atoms with Crippen molar-refractivity contribution in [3.8, 4) is 11.3 Å². The molecule has 112 valence electrons. The number of aliphatic hydroxyl groups excluding tert-OH is 1. The summed E-state index contributed by atoms with van der Waals surface area (Å²) in [6.45, 7) is 1.83. The predicted octanol–water partition coefficient (Wildman–Crippen LogP) is 3.61. The van der Waals surface area contributed by atoms with E-state index in [1.807, 2.05) is 12.1 Å². The smallest absolute Gasteiger partial charge is 0.151 e. The monoisotopic (exact) mass is 326 g/mol. The van der Waals surface area contributed by atoms with E-state index < -0.39 is 0 Å². The van der Waals surface area contributed by atoms with Gasteiger partial charge in [-0.05, 0) is 31.5 Å². The summed E-state index contributed by atoms with van der Waals surface area (Å²) in [5, 5.41) is 14.4. The average Bonchev–Trinajstić information content (AvgIpc) is 3.11. The molecule has 3 rings (SSSR count). The van der Waals surface area contributed by atoms with Crippen LogP contribution in [0.15, 0.2) is 28.8 Å². The molecule has 0 spiro atoms. The SMILES string of the molecule is OC[C@@H]1CCCN1Cc1cc(-c2ccc(Cl)c(Cl)c2)no1. The fraction of sp³-hybridized carbons (Fsp3) is 0.400. The largest absolute Gasteiger partial charge is 0.395 e. The van der Waals surface area contributed by atoms with Crippen molar-refractivity contribution < 1.29 is 9.63 Å². The first-order valence-electron chi connectivity index (χ1n) is 6.93. The lowest BCUT2D eigenvalue weighted by atomic mass is 10.1. The highest BCUT2D eigenvalue weighted by atomic mass is 35.5. The third kappa shape index (κ3) is 3.24. The topological polar surface area (TPSA) is 49.5 Å². The van der Waals surface area contributed by atoms with Gasteiger partial charge in [-0.2, -0.15) is 0 Å². The maximum absolute atomic E-state index is 9.34. The third-order valence-corrected chi connectivity index (χ3v) is 4.58. The fourth-order valence-electron chi connectivity index (χ4n) is 2.69. The highest BCUT2D eigenvalue weighted by Crippen LogP contribution is 2.29. The second kappa shape index (κ2) is 6.36. The van der Waals surface area contributed by atoms with Gasteiger partial charge < -0.3 is 9.63 Å². The first kappa shape index (κ1) is 14.9. The van der Waals surface area contributed by atoms with Crippen molar-refractivity contribution in [3.05, 3.63) is 40.1 Å². The molecule has 4 nitrogen and oxygen atoms in total. The van der Waals surface area contributed by atoms with Gasteiger partial charge in [-0.25, -0.2) is 0 Å². The zero-order valence-electron chi connectivity index (χ0n) is 11.4. The Kier molecular flexibility index (Phi) is 4.50. The quantitative estimate of drug-likeness (QED) is 0.932. The van der Waals surface area contributed by atoms with Crippen LogP contribution in [0.3, 0.4) is 0 Å². The Labute approximate surface area is 133 Å². The molecule has 0 radical (unpaired) electrons. The number of hydrogen-bond donors (Lipinski definition) is 1. The van der Waals surface area contributed by atoms with Gasteiger partial charge in [-0.3, -0.25) is 4.90 Å². The van der Waals surface area contributed by atoms with E-state index in [9.17, 15) is 5.11 Å². The molecule has 1 N–H and O–H groups in total. The lowest BCUT2D eigenvalue weighted by Crippen LogP contribution is -2.31. The van der Waals surface area contributed by atoms with Crippen molar-refractivity contribution >= 4 is 23.2 Å². The van der Waals surface area contributed by atoms with E-state index in [-0.39, 0.29) is 12.6 Å². The second-order valence-corrected chi connectivity index (χ2v) is 6.07. The molecule has 0 aliphatic carbocycles. The summed E-state index contributed by atoms with van der Waals surface area (Å²) in [6.07, 6.45) is 2.14. The predicted molar refractivity (Wildman–Crippen MR) is 82.5 cm³/mol. The van der Waals surface area contributed by atoms with Gasteiger partial charge in [-0.15, -0.1) is 0 Å². The first-order valence-corrected chi connectivity index (χ1v) is 7.69. The van der Waals surface area contributed by atoms with E-state index in [2.05, 4.69) is 10.1 Å². The number of aromatic nitrogens is 1. The van der Waals surface area contributed by atoms with Gasteiger partial charge in [0.25, 0.3) is 0 Å². The summed E-state index contributed by atoms with van der Waals surface area (Å²) in [6, 6.07) is 7.52. The van der Waals surface area contributed by atoms with E-state index in [4.69, 9.17) is 27.7 Å². The Balaban J connectivity index is 1.75. The number of likely N-dealkylation sites (tertiary alicyclic amines) is 1. The van der Waals surface area contributed by atoms with Crippen LogP contribution in [0.2, 0.25) is 10.0 Å². The highest BCUT2D eigenvalue weighted by Gasteiger charge is 2.24. The van der Waals surface area contributed by atoms with Crippen molar-refractivity contribution in [1.82, 2.24) is 10.1 Å². The summed E-state index contributed by atoms with van der Waals surface area (Å²) in [5.41, 5.74) is 1.61. The Morgan fingerprint density at radius 2 is 2.14 bits per heavy atom. The van der Waals surface area contributed by atoms with Crippen molar-refractivity contribution in [3.63, 3.8) is 0 Å². The summed E-state index contributed by atoms with van der Waals surface area (Å²) in [5.74, 6) is 0.788. The van der Waals surface area contributed by atoms with Crippen molar-refractivity contribution in [1.29, 1.82) is 0 Å². The molecule has 1 atom stereocenters. The molecule has 1 fully saturated rings. The Morgan fingerprint density at radius 3 is 2.90 bits per heavy atom. The van der Waals surface area contributed by atoms with Gasteiger partial charge in [0.1, 0.15) is 5.69 Å². The molecule has 1 aromatic carbocycles. The third-order valence-electron chi connectivity index (χ3n) is 3.84. The average molecular weight is 327 g/mol. The molecule has 1 aliphatic heterocycles. The number of hydrogen-bond acceptors (Lipinski definition) is 4. The van der Waals surface area contributed by atoms with Gasteiger partial charge in [0.05, 0.1) is 23.2 Å². The minimum absolute atomic E-state index is 0.188. The van der Waals surface area contributed by atoms with Crippen LogP contribution in [0.25, 0.3) is 11.3 Å². The molecule has 1 aliphatic rings. The number of rotatable bonds is 4. The number of nitrogens with zero attached hydrogens (tertiary/aromatic N) is 2. The lowest BCUT2D eigenvalue weighted by Gasteiger charge is -2.20. The van der Waals surface area contributed by atoms with Crippen LogP contribution in [-0.2, 0) is 6.54 Å². The maximum Gasteiger partial charge on any atom is 0.151 e. The van der Waals surface area contributed by atoms with Crippen LogP contribution in [0.4, 0.5) is 0 Å². The maximum atomic E-state index is 9.34. The van der Waals surface area contributed by atoms with Crippen LogP contribution in [0.1, 0.15) is 18.6 Å². The number of aliphatic hydroxyl groups is 1. The van der Waals surface area contributed by atoms with Crippen LogP contribution >= 0.6 is 23.2 Å². The molecule has 0 saturated carbocycles. The van der Waals surface area contributed by atoms with Crippen LogP contribution in [0.5, 0.6) is 0 Å². The molecule has 0 unspecified atom stereocenters. The lowest BCUT2D eigenvalue weighted by molar-refractivity contribution is 0.143. The van der Waals surface area contributed by atoms with E-state index in [0.29, 0.717) is 16.6 Å². The molecule has 6 heteroatoms. The molecule has 1 aromatic heterocycles. The zero-order chi connectivity index (χ0) is 14.8. The number of benzene rings is 1. The normalized spacial score (nSPS) is 19.3. The van der Waals surface area contributed by atoms with E-state index in [0.717, 1.165) is 36.4 Å². The van der Waals surface area contributed by atoms with Gasteiger partial charge in [-0.1, -0.05) is 34.4 Å². The van der Waals surface area contributed by atoms with Crippen LogP contribution in [0, 0.1) is 0 Å². The molecule has 21 heavy (non-hydrogen) atoms. The van der Waals surface area contributed by atoms with Crippen molar-refractivity contribution in [2.24, 2.45) is 0 Å². The minimum Gasteiger partial charge on any atom is -0.395 e. The molecule has 2 heterocycles. The summed E-state index contributed by atoms with van der Waals surface area (Å²) in [7, 11) is 0. The molecular formula is C15H16Cl2N2O2. The number of halogens is 2. The van der Waals surface area contributed by atoms with Crippen LogP contribution in [-0.4, -0.2) is 34.4 Å². The van der Waals surface area contributed by atoms with Gasteiger partial charge in [0.2, 0.25) is 0 Å². The first-order chi connectivity index (χ1) is 10.2. The zero-order valence-corrected chi connectivity index (χ0v) is 12.9. The molecule has 0 amide bonds. The summed E-state index contributed by atoms with van der Waals surface area (Å²) in [4.78, 5) is 2.22. The summed E-state index contributed by atoms with van der Waals surface area (Å²) >= 11 is 11.9. The van der Waals surface area contributed by atoms with Crippen LogP contribution < -0.4 is 0 Å². The van der Waals surface area contributed by atoms with Gasteiger partial charge >= 0.3 is 0 Å². The van der Waals surface area contributed by atoms with Crippen molar-refractivity contribution in [2.45, 2.75) is 25.4 Å². The molecular weight excluding hydrogens is 311 g/mol. The van der Waals surface area contributed by atoms with Gasteiger partial charge in [0.15, 0.2) is 5.76 Å². The molecule has 0 bridgehead atoms. The van der Waals surface area contributed by atoms with Crippen molar-refractivity contribution in [2.75, 3.05) is 13.2 Å². The van der Waals surface area contributed by atoms with Gasteiger partial charge in [0, 0.05) is 17.7 Å². The molecule has 1 saturated heterocycles. The van der Waals surface area contributed by atoms with E-state index >= 15 is 0 Å². The summed E-state index contributed by atoms with van der Waals surface area (Å²) < 4.78 is 5.39. The standard InChI is InChI=1S/C15H16Cl2N2O2/c16-13-4-3-10(6-14(13)17)15-7-12(21-18-15)8-19-5-1-2-11(19)9-20/h3-4,6-7,11,20H,1-2,5,8-9H2/t11-/m0/s1. The minimum atomic E-state index is 0.188.